The van der Waals surface area contributed by atoms with E-state index in [2.05, 4.69) is 21.5 Å². The van der Waals surface area contributed by atoms with Gasteiger partial charge in [0.05, 0.1) is 6.33 Å². The molecule has 0 aromatic carbocycles. The number of H-pyrrole nitrogens is 1. The maximum Gasteiger partial charge on any atom is 0.266 e. The van der Waals surface area contributed by atoms with E-state index in [9.17, 15) is 4.79 Å². The average Bonchev–Trinajstić information content (AvgIpc) is 2.73. The quantitative estimate of drug-likeness (QED) is 0.819. The van der Waals surface area contributed by atoms with E-state index in [4.69, 9.17) is 0 Å². The van der Waals surface area contributed by atoms with Gasteiger partial charge in [0.15, 0.2) is 0 Å². The second-order valence-electron chi connectivity index (χ2n) is 3.91. The second kappa shape index (κ2) is 5.39. The van der Waals surface area contributed by atoms with Crippen molar-refractivity contribution in [1.29, 1.82) is 0 Å². The van der Waals surface area contributed by atoms with Gasteiger partial charge in [-0.3, -0.25) is 4.79 Å². The molecule has 0 spiro atoms. The molecule has 4 nitrogen and oxygen atoms in total. The zero-order valence-corrected chi connectivity index (χ0v) is 12.0. The summed E-state index contributed by atoms with van der Waals surface area (Å²) in [6.45, 7) is 0. The van der Waals surface area contributed by atoms with Crippen molar-refractivity contribution in [2.75, 3.05) is 11.6 Å². The molecule has 1 aliphatic rings. The molecular weight excluding hydrogens is 337 g/mol. The third kappa shape index (κ3) is 2.71. The minimum atomic E-state index is -0.0717. The largest absolute Gasteiger partial charge is 0.366 e. The topological polar surface area (TPSA) is 57.8 Å². The van der Waals surface area contributed by atoms with Crippen molar-refractivity contribution < 1.29 is 0 Å². The Bertz CT molecular complexity index is 423. The van der Waals surface area contributed by atoms with Gasteiger partial charge >= 0.3 is 0 Å². The maximum atomic E-state index is 11.4. The Balaban J connectivity index is 2.05. The molecule has 1 aromatic heterocycles. The van der Waals surface area contributed by atoms with Gasteiger partial charge in [-0.1, -0.05) is 0 Å². The fourth-order valence-electron chi connectivity index (χ4n) is 1.96. The summed E-state index contributed by atoms with van der Waals surface area (Å²) in [4.78, 5) is 18.1. The van der Waals surface area contributed by atoms with Crippen molar-refractivity contribution in [3.63, 3.8) is 0 Å². The van der Waals surface area contributed by atoms with E-state index in [0.29, 0.717) is 9.61 Å². The van der Waals surface area contributed by atoms with Crippen LogP contribution in [0.5, 0.6) is 0 Å². The first-order chi connectivity index (χ1) is 7.70. The number of aromatic amines is 1. The number of hydrogen-bond donors (Lipinski definition) is 2. The highest BCUT2D eigenvalue weighted by Crippen LogP contribution is 2.30. The van der Waals surface area contributed by atoms with Gasteiger partial charge in [-0.05, 0) is 48.1 Å². The fraction of sp³-hybridized carbons (Fsp3) is 0.600. The SMILES string of the molecule is CSC1CCC(Nc2nc[nH]c(=O)c2I)C1. The Labute approximate surface area is 112 Å². The van der Waals surface area contributed by atoms with E-state index in [1.165, 1.54) is 12.7 Å². The van der Waals surface area contributed by atoms with Crippen LogP contribution in [-0.4, -0.2) is 27.5 Å². The lowest BCUT2D eigenvalue weighted by atomic mass is 10.2. The maximum absolute atomic E-state index is 11.4. The van der Waals surface area contributed by atoms with Crippen molar-refractivity contribution in [2.24, 2.45) is 0 Å². The van der Waals surface area contributed by atoms with E-state index >= 15 is 0 Å². The summed E-state index contributed by atoms with van der Waals surface area (Å²) in [6.07, 6.45) is 7.18. The molecule has 2 unspecified atom stereocenters. The van der Waals surface area contributed by atoms with Gasteiger partial charge in [0.1, 0.15) is 9.39 Å². The molecule has 0 radical (unpaired) electrons. The number of rotatable bonds is 3. The number of hydrogen-bond acceptors (Lipinski definition) is 4. The molecule has 0 saturated heterocycles. The van der Waals surface area contributed by atoms with Crippen LogP contribution in [0.15, 0.2) is 11.1 Å². The minimum Gasteiger partial charge on any atom is -0.366 e. The molecule has 6 heteroatoms. The molecule has 2 atom stereocenters. The standard InChI is InChI=1S/C10H14IN3OS/c1-16-7-3-2-6(4-7)14-9-8(11)10(15)13-5-12-9/h5-7H,2-4H2,1H3,(H2,12,13,14,15). The Morgan fingerprint density at radius 1 is 1.62 bits per heavy atom. The van der Waals surface area contributed by atoms with Crippen molar-refractivity contribution in [2.45, 2.75) is 30.6 Å². The molecule has 1 aromatic rings. The van der Waals surface area contributed by atoms with Crippen molar-refractivity contribution >= 4 is 40.2 Å². The Kier molecular flexibility index (Phi) is 4.12. The first-order valence-corrected chi connectivity index (χ1v) is 7.60. The van der Waals surface area contributed by atoms with Crippen LogP contribution in [0.3, 0.4) is 0 Å². The predicted molar refractivity (Wildman–Crippen MR) is 76.1 cm³/mol. The number of halogens is 1. The predicted octanol–water partition coefficient (Wildman–Crippen LogP) is 2.07. The van der Waals surface area contributed by atoms with Crippen LogP contribution in [-0.2, 0) is 0 Å². The molecule has 1 saturated carbocycles. The van der Waals surface area contributed by atoms with Gasteiger partial charge in [-0.15, -0.1) is 0 Å². The Morgan fingerprint density at radius 2 is 2.44 bits per heavy atom. The molecule has 0 aliphatic heterocycles. The number of anilines is 1. The molecule has 16 heavy (non-hydrogen) atoms. The van der Waals surface area contributed by atoms with Crippen LogP contribution in [0.25, 0.3) is 0 Å². The van der Waals surface area contributed by atoms with Crippen LogP contribution in [0.2, 0.25) is 0 Å². The number of aromatic nitrogens is 2. The van der Waals surface area contributed by atoms with Gasteiger partial charge in [-0.2, -0.15) is 11.8 Å². The summed E-state index contributed by atoms with van der Waals surface area (Å²) >= 11 is 3.96. The first-order valence-electron chi connectivity index (χ1n) is 5.23. The smallest absolute Gasteiger partial charge is 0.266 e. The number of nitrogens with one attached hydrogen (secondary N) is 2. The number of nitrogens with zero attached hydrogens (tertiary/aromatic N) is 1. The molecule has 2 N–H and O–H groups in total. The molecular formula is C10H14IN3OS. The van der Waals surface area contributed by atoms with E-state index in [0.717, 1.165) is 23.9 Å². The summed E-state index contributed by atoms with van der Waals surface area (Å²) < 4.78 is 0.646. The lowest BCUT2D eigenvalue weighted by molar-refractivity contribution is 0.749. The molecule has 0 amide bonds. The van der Waals surface area contributed by atoms with Gasteiger partial charge < -0.3 is 10.3 Å². The molecule has 2 rings (SSSR count). The van der Waals surface area contributed by atoms with Gasteiger partial charge in [0.2, 0.25) is 0 Å². The molecule has 1 heterocycles. The van der Waals surface area contributed by atoms with Crippen LogP contribution < -0.4 is 10.9 Å². The third-order valence-corrected chi connectivity index (χ3v) is 4.95. The van der Waals surface area contributed by atoms with Crippen LogP contribution >= 0.6 is 34.4 Å². The molecule has 1 fully saturated rings. The highest BCUT2D eigenvalue weighted by molar-refractivity contribution is 14.1. The van der Waals surface area contributed by atoms with Crippen LogP contribution in [0.4, 0.5) is 5.82 Å². The lowest BCUT2D eigenvalue weighted by Gasteiger charge is -2.13. The number of thioether (sulfide) groups is 1. The van der Waals surface area contributed by atoms with Crippen LogP contribution in [0, 0.1) is 3.57 Å². The van der Waals surface area contributed by atoms with Gasteiger partial charge in [-0.25, -0.2) is 4.98 Å². The van der Waals surface area contributed by atoms with E-state index < -0.39 is 0 Å². The lowest BCUT2D eigenvalue weighted by Crippen LogP contribution is -2.21. The fourth-order valence-corrected chi connectivity index (χ4v) is 3.21. The summed E-state index contributed by atoms with van der Waals surface area (Å²) in [6, 6.07) is 0.459. The van der Waals surface area contributed by atoms with Crippen LogP contribution in [0.1, 0.15) is 19.3 Å². The van der Waals surface area contributed by atoms with Gasteiger partial charge in [0.25, 0.3) is 5.56 Å². The van der Waals surface area contributed by atoms with E-state index in [1.54, 1.807) is 0 Å². The van der Waals surface area contributed by atoms with Crippen molar-refractivity contribution in [3.05, 3.63) is 20.3 Å². The van der Waals surface area contributed by atoms with E-state index in [1.807, 2.05) is 34.4 Å². The van der Waals surface area contributed by atoms with Crippen molar-refractivity contribution in [3.8, 4) is 0 Å². The molecule has 1 aliphatic carbocycles. The highest BCUT2D eigenvalue weighted by Gasteiger charge is 2.24. The minimum absolute atomic E-state index is 0.0717. The summed E-state index contributed by atoms with van der Waals surface area (Å²) in [5.41, 5.74) is -0.0717. The Morgan fingerprint density at radius 3 is 3.12 bits per heavy atom. The average molecular weight is 351 g/mol. The highest BCUT2D eigenvalue weighted by atomic mass is 127. The summed E-state index contributed by atoms with van der Waals surface area (Å²) in [5.74, 6) is 0.719. The molecule has 88 valence electrons. The first kappa shape index (κ1) is 12.2. The summed E-state index contributed by atoms with van der Waals surface area (Å²) in [5, 5.41) is 4.11. The molecule has 0 bridgehead atoms. The third-order valence-electron chi connectivity index (χ3n) is 2.86. The van der Waals surface area contributed by atoms with Crippen molar-refractivity contribution in [1.82, 2.24) is 9.97 Å². The summed E-state index contributed by atoms with van der Waals surface area (Å²) in [7, 11) is 0. The van der Waals surface area contributed by atoms with E-state index in [-0.39, 0.29) is 5.56 Å². The zero-order chi connectivity index (χ0) is 11.5. The zero-order valence-electron chi connectivity index (χ0n) is 9.00. The second-order valence-corrected chi connectivity index (χ2v) is 6.12. The van der Waals surface area contributed by atoms with Gasteiger partial charge in [0, 0.05) is 11.3 Å². The Hall–Kier alpha value is -0.240. The normalized spacial score (nSPS) is 24.6. The monoisotopic (exact) mass is 351 g/mol.